The summed E-state index contributed by atoms with van der Waals surface area (Å²) in [5.74, 6) is 0. The lowest BCUT2D eigenvalue weighted by Gasteiger charge is -2.32. The molecule has 0 unspecified atom stereocenters. The van der Waals surface area contributed by atoms with Gasteiger partial charge in [-0.2, -0.15) is 0 Å². The summed E-state index contributed by atoms with van der Waals surface area (Å²) in [4.78, 5) is 0. The molecule has 0 bridgehead atoms. The summed E-state index contributed by atoms with van der Waals surface area (Å²) >= 11 is 0. The molecule has 0 aromatic rings. The first-order valence-electron chi connectivity index (χ1n) is 8.45. The largest absolute Gasteiger partial charge is 0.380 e. The van der Waals surface area contributed by atoms with Crippen LogP contribution in [0.3, 0.4) is 0 Å². The van der Waals surface area contributed by atoms with Crippen molar-refractivity contribution in [3.8, 4) is 0 Å². The molecule has 0 aliphatic carbocycles. The highest BCUT2D eigenvalue weighted by atomic mass is 16.5. The van der Waals surface area contributed by atoms with Gasteiger partial charge in [-0.05, 0) is 5.44 Å². The van der Waals surface area contributed by atoms with Crippen molar-refractivity contribution in [2.75, 3.05) is 52.7 Å². The monoisotopic (exact) mass is 328 g/mol. The van der Waals surface area contributed by atoms with E-state index in [0.29, 0.717) is 46.2 Å². The third-order valence-corrected chi connectivity index (χ3v) is 3.14. The fourth-order valence-electron chi connectivity index (χ4n) is 1.82. The summed E-state index contributed by atoms with van der Waals surface area (Å²) in [5, 5.41) is 3.32. The lowest BCUT2D eigenvalue weighted by atomic mass is 9.80. The summed E-state index contributed by atoms with van der Waals surface area (Å²) in [6, 6.07) is 0. The highest BCUT2D eigenvalue weighted by Gasteiger charge is 2.24. The van der Waals surface area contributed by atoms with Crippen molar-refractivity contribution in [2.45, 2.75) is 47.0 Å². The molecule has 23 heavy (non-hydrogen) atoms. The quantitative estimate of drug-likeness (QED) is 0.374. The number of nitrogens with one attached hydrogen (secondary N) is 1. The third kappa shape index (κ3) is 15.1. The van der Waals surface area contributed by atoms with Gasteiger partial charge in [0, 0.05) is 23.9 Å². The van der Waals surface area contributed by atoms with E-state index < -0.39 is 0 Å². The second-order valence-corrected chi connectivity index (χ2v) is 8.35. The third-order valence-electron chi connectivity index (χ3n) is 3.14. The van der Waals surface area contributed by atoms with Crippen molar-refractivity contribution < 1.29 is 14.2 Å². The van der Waals surface area contributed by atoms with E-state index in [0.717, 1.165) is 6.54 Å². The van der Waals surface area contributed by atoms with Crippen LogP contribution in [0.2, 0.25) is 0 Å². The van der Waals surface area contributed by atoms with Crippen molar-refractivity contribution in [1.29, 1.82) is 0 Å². The van der Waals surface area contributed by atoms with E-state index in [2.05, 4.69) is 33.0 Å². The normalized spacial score (nSPS) is 13.5. The smallest absolute Gasteiger partial charge is 0.0946 e. The number of hydrogen-bond acceptors (Lipinski definition) is 5. The van der Waals surface area contributed by atoms with Crippen LogP contribution in [0, 0.1) is 10.8 Å². The zero-order valence-electron chi connectivity index (χ0n) is 16.0. The summed E-state index contributed by atoms with van der Waals surface area (Å²) in [7, 11) is 5.95. The molecule has 0 aromatic heterocycles. The topological polar surface area (TPSA) is 65.7 Å². The molecule has 0 aromatic carbocycles. The number of nitrogens with two attached hydrogens (primary N) is 1. The lowest BCUT2D eigenvalue weighted by molar-refractivity contribution is -0.0359. The Hall–Kier alpha value is -0.135. The van der Waals surface area contributed by atoms with Crippen molar-refractivity contribution in [1.82, 2.24) is 5.32 Å². The first-order valence-corrected chi connectivity index (χ1v) is 8.45. The molecule has 136 valence electrons. The van der Waals surface area contributed by atoms with Crippen LogP contribution >= 0.6 is 0 Å². The van der Waals surface area contributed by atoms with Gasteiger partial charge >= 0.3 is 0 Å². The van der Waals surface area contributed by atoms with E-state index in [4.69, 9.17) is 27.8 Å². The van der Waals surface area contributed by atoms with Gasteiger partial charge in [-0.25, -0.2) is 0 Å². The molecule has 6 heteroatoms. The summed E-state index contributed by atoms with van der Waals surface area (Å²) < 4.78 is 16.8. The molecule has 0 aliphatic heterocycles. The van der Waals surface area contributed by atoms with Gasteiger partial charge in [0.2, 0.25) is 0 Å². The van der Waals surface area contributed by atoms with Gasteiger partial charge in [-0.3, -0.25) is 0 Å². The van der Waals surface area contributed by atoms with Crippen molar-refractivity contribution in [2.24, 2.45) is 16.6 Å². The molecule has 0 heterocycles. The van der Waals surface area contributed by atoms with Gasteiger partial charge in [-0.15, -0.1) is 0 Å². The van der Waals surface area contributed by atoms with Crippen LogP contribution < -0.4 is 11.1 Å². The fraction of sp³-hybridized carbons (Fsp3) is 1.00. The molecule has 0 saturated carbocycles. The molecule has 0 amide bonds. The average Bonchev–Trinajstić information content (AvgIpc) is 2.39. The minimum absolute atomic E-state index is 0.0233. The first kappa shape index (κ1) is 22.9. The van der Waals surface area contributed by atoms with Gasteiger partial charge in [0.05, 0.1) is 47.5 Å². The fourth-order valence-corrected chi connectivity index (χ4v) is 1.82. The summed E-state index contributed by atoms with van der Waals surface area (Å²) in [6.07, 6.45) is 0. The lowest BCUT2D eigenvalue weighted by Crippen LogP contribution is -2.46. The Kier molecular flexibility index (Phi) is 10.6. The molecule has 0 atom stereocenters. The Morgan fingerprint density at radius 3 is 1.87 bits per heavy atom. The van der Waals surface area contributed by atoms with Crippen LogP contribution in [0.4, 0.5) is 0 Å². The molecule has 0 fully saturated rings. The maximum absolute atomic E-state index is 5.95. The summed E-state index contributed by atoms with van der Waals surface area (Å²) in [5.41, 5.74) is 5.00. The maximum Gasteiger partial charge on any atom is 0.0946 e. The van der Waals surface area contributed by atoms with Crippen LogP contribution in [-0.2, 0) is 14.2 Å². The Labute approximate surface area is 144 Å². The first-order chi connectivity index (χ1) is 10.5. The van der Waals surface area contributed by atoms with Crippen molar-refractivity contribution in [3.63, 3.8) is 0 Å². The molecule has 0 rings (SSSR count). The molecule has 3 N–H and O–H groups in total. The van der Waals surface area contributed by atoms with Crippen LogP contribution in [-0.4, -0.2) is 66.0 Å². The Balaban J connectivity index is 3.86. The molecule has 5 nitrogen and oxygen atoms in total. The van der Waals surface area contributed by atoms with Crippen LogP contribution in [0.15, 0.2) is 0 Å². The van der Waals surface area contributed by atoms with Gasteiger partial charge in [0.15, 0.2) is 0 Å². The molecule has 0 aliphatic rings. The zero-order valence-corrected chi connectivity index (χ0v) is 16.0. The minimum Gasteiger partial charge on any atom is -0.380 e. The van der Waals surface area contributed by atoms with E-state index in [9.17, 15) is 0 Å². The van der Waals surface area contributed by atoms with Gasteiger partial charge in [0.25, 0.3) is 0 Å². The van der Waals surface area contributed by atoms with Crippen LogP contribution in [0.5, 0.6) is 0 Å². The molecule has 0 spiro atoms. The van der Waals surface area contributed by atoms with E-state index >= 15 is 0 Å². The average molecular weight is 328 g/mol. The highest BCUT2D eigenvalue weighted by Crippen LogP contribution is 2.20. The minimum atomic E-state index is -0.365. The van der Waals surface area contributed by atoms with E-state index in [1.54, 1.807) is 0 Å². The maximum atomic E-state index is 5.95. The second kappa shape index (κ2) is 10.7. The summed E-state index contributed by atoms with van der Waals surface area (Å²) in [6.45, 7) is 17.6. The van der Waals surface area contributed by atoms with Crippen molar-refractivity contribution in [3.05, 3.63) is 0 Å². The van der Waals surface area contributed by atoms with E-state index in [1.165, 1.54) is 0 Å². The Morgan fingerprint density at radius 1 is 0.783 bits per heavy atom. The second-order valence-electron chi connectivity index (χ2n) is 8.35. The predicted octanol–water partition coefficient (Wildman–Crippen LogP) is 1.54. The zero-order chi connectivity index (χ0) is 18.0. The van der Waals surface area contributed by atoms with Crippen LogP contribution in [0.25, 0.3) is 0 Å². The molecular formula is C17H37BN2O3. The van der Waals surface area contributed by atoms with Crippen molar-refractivity contribution >= 4 is 7.85 Å². The highest BCUT2D eigenvalue weighted by molar-refractivity contribution is 6.14. The molecule has 0 saturated heterocycles. The van der Waals surface area contributed by atoms with E-state index in [-0.39, 0.29) is 16.3 Å². The standard InChI is InChI=1S/C17H37BN2O3/c1-15(2,11-20-17(5,6)18)12-23-14-16(3,4)13-22-10-9-21-8-7-19/h20H,7-14,19H2,1-6H3. The number of hydrogen-bond donors (Lipinski definition) is 2. The molecular weight excluding hydrogens is 291 g/mol. The predicted molar refractivity (Wildman–Crippen MR) is 96.9 cm³/mol. The van der Waals surface area contributed by atoms with Gasteiger partial charge in [-0.1, -0.05) is 41.5 Å². The molecule has 2 radical (unpaired) electrons. The van der Waals surface area contributed by atoms with Crippen LogP contribution in [0.1, 0.15) is 41.5 Å². The Bertz CT molecular complexity index is 305. The number of rotatable bonds is 14. The van der Waals surface area contributed by atoms with Gasteiger partial charge < -0.3 is 25.3 Å². The number of ether oxygens (including phenoxy) is 3. The Morgan fingerprint density at radius 2 is 1.30 bits per heavy atom. The van der Waals surface area contributed by atoms with Gasteiger partial charge in [0.1, 0.15) is 0 Å². The SMILES string of the molecule is [B]C(C)(C)NCC(C)(C)COCC(C)(C)COCCOCCN. The van der Waals surface area contributed by atoms with E-state index in [1.807, 2.05) is 13.8 Å².